The number of allylic oxidation sites excluding steroid dienone is 3. The van der Waals surface area contributed by atoms with E-state index >= 15 is 0 Å². The molecule has 0 spiro atoms. The van der Waals surface area contributed by atoms with Crippen LogP contribution in [0.2, 0.25) is 5.02 Å². The molecule has 1 heterocycles. The molecule has 1 aliphatic heterocycles. The molecule has 5 nitrogen and oxygen atoms in total. The Bertz CT molecular complexity index is 1370. The SMILES string of the molecule is COC(=O)C1=C(C)NC2=C(C(=O)C[C@H](c3ccc(Cl)cc3)C2)[C@@H]1c1ccc(OCc2ccccc2)cc1. The van der Waals surface area contributed by atoms with Gasteiger partial charge in [0.05, 0.1) is 12.7 Å². The first-order valence-corrected chi connectivity index (χ1v) is 12.7. The quantitative estimate of drug-likeness (QED) is 0.383. The lowest BCUT2D eigenvalue weighted by Gasteiger charge is -2.36. The Kier molecular flexibility index (Phi) is 7.15. The zero-order valence-electron chi connectivity index (χ0n) is 20.8. The van der Waals surface area contributed by atoms with Gasteiger partial charge in [0.2, 0.25) is 0 Å². The van der Waals surface area contributed by atoms with Gasteiger partial charge in [0.1, 0.15) is 12.4 Å². The first-order chi connectivity index (χ1) is 17.9. The summed E-state index contributed by atoms with van der Waals surface area (Å²) in [6, 6.07) is 25.2. The number of esters is 1. The number of ketones is 1. The Morgan fingerprint density at radius 3 is 2.30 bits per heavy atom. The van der Waals surface area contributed by atoms with E-state index in [4.69, 9.17) is 21.1 Å². The molecule has 0 radical (unpaired) electrons. The second-order valence-electron chi connectivity index (χ2n) is 9.40. The van der Waals surface area contributed by atoms with E-state index < -0.39 is 11.9 Å². The maximum absolute atomic E-state index is 13.6. The number of halogens is 1. The molecule has 1 N–H and O–H groups in total. The van der Waals surface area contributed by atoms with Crippen LogP contribution in [-0.4, -0.2) is 18.9 Å². The minimum absolute atomic E-state index is 0.0250. The number of ether oxygens (including phenoxy) is 2. The lowest BCUT2D eigenvalue weighted by molar-refractivity contribution is -0.136. The highest BCUT2D eigenvalue weighted by molar-refractivity contribution is 6.30. The van der Waals surface area contributed by atoms with Crippen molar-refractivity contribution in [2.75, 3.05) is 7.11 Å². The predicted molar refractivity (Wildman–Crippen MR) is 143 cm³/mol. The van der Waals surface area contributed by atoms with E-state index in [0.717, 1.165) is 22.4 Å². The number of benzene rings is 3. The standard InChI is InChI=1S/C31H28ClNO4/c1-19-28(31(35)36-2)29(22-10-14-25(15-11-22)37-18-20-6-4-3-5-7-20)30-26(33-19)16-23(17-27(30)34)21-8-12-24(32)13-9-21/h3-15,23,29,33H,16-18H2,1-2H3/t23-,29-/m1/s1. The van der Waals surface area contributed by atoms with E-state index in [0.29, 0.717) is 47.1 Å². The summed E-state index contributed by atoms with van der Waals surface area (Å²) in [5.74, 6) is -0.173. The summed E-state index contributed by atoms with van der Waals surface area (Å²) in [7, 11) is 1.36. The van der Waals surface area contributed by atoms with Gasteiger partial charge in [-0.05, 0) is 60.2 Å². The van der Waals surface area contributed by atoms with Crippen molar-refractivity contribution in [2.24, 2.45) is 0 Å². The fourth-order valence-electron chi connectivity index (χ4n) is 5.22. The molecule has 6 heteroatoms. The summed E-state index contributed by atoms with van der Waals surface area (Å²) >= 11 is 6.07. The molecule has 3 aromatic carbocycles. The first-order valence-electron chi connectivity index (χ1n) is 12.3. The molecule has 0 bridgehead atoms. The molecule has 0 unspecified atom stereocenters. The van der Waals surface area contributed by atoms with Gasteiger partial charge in [0, 0.05) is 34.3 Å². The van der Waals surface area contributed by atoms with E-state index in [1.165, 1.54) is 7.11 Å². The fourth-order valence-corrected chi connectivity index (χ4v) is 5.35. The summed E-state index contributed by atoms with van der Waals surface area (Å²) < 4.78 is 11.1. The van der Waals surface area contributed by atoms with Crippen LogP contribution in [-0.2, 0) is 20.9 Å². The lowest BCUT2D eigenvalue weighted by atomic mass is 9.72. The zero-order chi connectivity index (χ0) is 25.9. The molecular formula is C31H28ClNO4. The number of carbonyl (C=O) groups is 2. The van der Waals surface area contributed by atoms with Gasteiger partial charge in [-0.1, -0.05) is 66.2 Å². The second kappa shape index (κ2) is 10.7. The Hall–Kier alpha value is -3.83. The van der Waals surface area contributed by atoms with Crippen LogP contribution in [0.4, 0.5) is 0 Å². The highest BCUT2D eigenvalue weighted by Crippen LogP contribution is 2.46. The molecule has 3 aromatic rings. The molecule has 37 heavy (non-hydrogen) atoms. The molecular weight excluding hydrogens is 486 g/mol. The van der Waals surface area contributed by atoms with Crippen LogP contribution < -0.4 is 10.1 Å². The van der Waals surface area contributed by atoms with Crippen LogP contribution in [0, 0.1) is 0 Å². The van der Waals surface area contributed by atoms with Crippen molar-refractivity contribution in [1.29, 1.82) is 0 Å². The van der Waals surface area contributed by atoms with Gasteiger partial charge in [0.25, 0.3) is 0 Å². The van der Waals surface area contributed by atoms with E-state index in [2.05, 4.69) is 5.32 Å². The molecule has 0 fully saturated rings. The monoisotopic (exact) mass is 513 g/mol. The highest BCUT2D eigenvalue weighted by atomic mass is 35.5. The maximum Gasteiger partial charge on any atom is 0.336 e. The van der Waals surface area contributed by atoms with Crippen molar-refractivity contribution >= 4 is 23.4 Å². The van der Waals surface area contributed by atoms with Crippen molar-refractivity contribution in [3.63, 3.8) is 0 Å². The number of hydrogen-bond donors (Lipinski definition) is 1. The summed E-state index contributed by atoms with van der Waals surface area (Å²) in [5.41, 5.74) is 5.64. The van der Waals surface area contributed by atoms with Gasteiger partial charge >= 0.3 is 5.97 Å². The fraction of sp³-hybridized carbons (Fsp3) is 0.226. The molecule has 1 aliphatic carbocycles. The number of hydrogen-bond acceptors (Lipinski definition) is 5. The van der Waals surface area contributed by atoms with Crippen LogP contribution in [0.25, 0.3) is 0 Å². The third-order valence-electron chi connectivity index (χ3n) is 7.04. The van der Waals surface area contributed by atoms with E-state index in [1.807, 2.05) is 85.8 Å². The Balaban J connectivity index is 1.46. The van der Waals surface area contributed by atoms with E-state index in [-0.39, 0.29) is 11.7 Å². The Morgan fingerprint density at radius 1 is 0.946 bits per heavy atom. The van der Waals surface area contributed by atoms with Gasteiger partial charge in [0.15, 0.2) is 5.78 Å². The Labute approximate surface area is 221 Å². The molecule has 5 rings (SSSR count). The third kappa shape index (κ3) is 5.18. The second-order valence-corrected chi connectivity index (χ2v) is 9.84. The van der Waals surface area contributed by atoms with Gasteiger partial charge in [-0.2, -0.15) is 0 Å². The summed E-state index contributed by atoms with van der Waals surface area (Å²) in [6.45, 7) is 2.32. The van der Waals surface area contributed by atoms with Crippen molar-refractivity contribution in [1.82, 2.24) is 5.32 Å². The topological polar surface area (TPSA) is 64.6 Å². The largest absolute Gasteiger partial charge is 0.489 e. The molecule has 0 aromatic heterocycles. The van der Waals surface area contributed by atoms with Gasteiger partial charge in [-0.15, -0.1) is 0 Å². The van der Waals surface area contributed by atoms with E-state index in [9.17, 15) is 9.59 Å². The van der Waals surface area contributed by atoms with Crippen molar-refractivity contribution in [2.45, 2.75) is 38.2 Å². The predicted octanol–water partition coefficient (Wildman–Crippen LogP) is 6.45. The van der Waals surface area contributed by atoms with Crippen LogP contribution in [0.1, 0.15) is 48.3 Å². The molecule has 2 aliphatic rings. The Morgan fingerprint density at radius 2 is 1.62 bits per heavy atom. The number of dihydropyridines is 1. The number of nitrogens with one attached hydrogen (secondary N) is 1. The average molecular weight is 514 g/mol. The molecule has 0 amide bonds. The molecule has 2 atom stereocenters. The number of carbonyl (C=O) groups excluding carboxylic acids is 2. The summed E-state index contributed by atoms with van der Waals surface area (Å²) in [6.07, 6.45) is 1.04. The van der Waals surface area contributed by atoms with Crippen LogP contribution in [0.3, 0.4) is 0 Å². The lowest BCUT2D eigenvalue weighted by Crippen LogP contribution is -2.36. The van der Waals surface area contributed by atoms with Crippen LogP contribution in [0.15, 0.2) is 101 Å². The molecule has 188 valence electrons. The zero-order valence-corrected chi connectivity index (χ0v) is 21.5. The van der Waals surface area contributed by atoms with Crippen molar-refractivity contribution in [3.05, 3.63) is 123 Å². The smallest absolute Gasteiger partial charge is 0.336 e. The average Bonchev–Trinajstić information content (AvgIpc) is 2.92. The van der Waals surface area contributed by atoms with Crippen LogP contribution in [0.5, 0.6) is 5.75 Å². The minimum atomic E-state index is -0.509. The highest BCUT2D eigenvalue weighted by Gasteiger charge is 2.41. The number of rotatable bonds is 6. The van der Waals surface area contributed by atoms with Gasteiger partial charge < -0.3 is 14.8 Å². The first kappa shape index (κ1) is 24.8. The van der Waals surface area contributed by atoms with E-state index in [1.54, 1.807) is 0 Å². The van der Waals surface area contributed by atoms with Crippen molar-refractivity contribution in [3.8, 4) is 5.75 Å². The van der Waals surface area contributed by atoms with Crippen LogP contribution >= 0.6 is 11.6 Å². The summed E-state index contributed by atoms with van der Waals surface area (Å²) in [4.78, 5) is 26.5. The van der Waals surface area contributed by atoms with Gasteiger partial charge in [-0.3, -0.25) is 4.79 Å². The van der Waals surface area contributed by atoms with Gasteiger partial charge in [-0.25, -0.2) is 4.79 Å². The number of Topliss-reactive ketones (excluding diaryl/α,β-unsaturated/α-hetero) is 1. The third-order valence-corrected chi connectivity index (χ3v) is 7.29. The minimum Gasteiger partial charge on any atom is -0.489 e. The normalized spacial score (nSPS) is 19.3. The van der Waals surface area contributed by atoms with Crippen molar-refractivity contribution < 1.29 is 19.1 Å². The maximum atomic E-state index is 13.6. The molecule has 0 saturated heterocycles. The number of methoxy groups -OCH3 is 1. The molecule has 0 saturated carbocycles. The summed E-state index contributed by atoms with van der Waals surface area (Å²) in [5, 5.41) is 4.03.